The Morgan fingerprint density at radius 1 is 1.12 bits per heavy atom. The van der Waals surface area contributed by atoms with Crippen LogP contribution in [0.5, 0.6) is 5.75 Å². The van der Waals surface area contributed by atoms with Crippen molar-refractivity contribution < 1.29 is 28.2 Å². The number of nitrogens with zero attached hydrogens (tertiary/aromatic N) is 2. The first-order valence-corrected chi connectivity index (χ1v) is 10.0. The zero-order valence-electron chi connectivity index (χ0n) is 17.4. The molecule has 164 valence electrons. The van der Waals surface area contributed by atoms with Gasteiger partial charge in [-0.3, -0.25) is 14.5 Å². The van der Waals surface area contributed by atoms with Gasteiger partial charge in [0.25, 0.3) is 5.91 Å². The van der Waals surface area contributed by atoms with Crippen molar-refractivity contribution in [3.8, 4) is 5.75 Å². The molecule has 1 unspecified atom stereocenters. The number of amides is 1. The number of hydrogen-bond donors (Lipinski definition) is 1. The van der Waals surface area contributed by atoms with Gasteiger partial charge in [0.05, 0.1) is 18.7 Å². The molecule has 3 heterocycles. The summed E-state index contributed by atoms with van der Waals surface area (Å²) < 4.78 is 25.9. The molecule has 33 heavy (non-hydrogen) atoms. The molecule has 5 rings (SSSR count). The number of aliphatic hydroxyl groups excluding tert-OH is 1. The van der Waals surface area contributed by atoms with E-state index in [2.05, 4.69) is 4.98 Å². The van der Waals surface area contributed by atoms with Gasteiger partial charge in [-0.2, -0.15) is 0 Å². The lowest BCUT2D eigenvalue weighted by Gasteiger charge is -2.25. The average Bonchev–Trinajstić information content (AvgIpc) is 3.39. The summed E-state index contributed by atoms with van der Waals surface area (Å²) in [6, 6.07) is 16.0. The molecule has 1 atom stereocenters. The number of methoxy groups -OCH3 is 1. The zero-order chi connectivity index (χ0) is 23.1. The second-order valence-electron chi connectivity index (χ2n) is 7.37. The SMILES string of the molecule is COc1cccc2cc(C(=O)C3=C(O)C(=O)N(c4ccccn4)C3c3ccccc3F)oc12. The Kier molecular flexibility index (Phi) is 4.90. The van der Waals surface area contributed by atoms with E-state index >= 15 is 0 Å². The molecule has 1 aliphatic heterocycles. The lowest BCUT2D eigenvalue weighted by molar-refractivity contribution is -0.117. The third-order valence-corrected chi connectivity index (χ3v) is 5.50. The topological polar surface area (TPSA) is 92.9 Å². The predicted molar refractivity (Wildman–Crippen MR) is 118 cm³/mol. The Balaban J connectivity index is 1.68. The first kappa shape index (κ1) is 20.4. The molecule has 0 spiro atoms. The largest absolute Gasteiger partial charge is 0.503 e. The smallest absolute Gasteiger partial charge is 0.295 e. The molecular weight excluding hydrogens is 427 g/mol. The molecular formula is C25H17FN2O5. The van der Waals surface area contributed by atoms with Crippen LogP contribution in [0.2, 0.25) is 0 Å². The lowest BCUT2D eigenvalue weighted by Crippen LogP contribution is -2.32. The fourth-order valence-corrected chi connectivity index (χ4v) is 4.00. The number of aromatic nitrogens is 1. The minimum atomic E-state index is -1.24. The number of aliphatic hydroxyl groups is 1. The molecule has 0 aliphatic carbocycles. The van der Waals surface area contributed by atoms with Crippen LogP contribution in [0.25, 0.3) is 11.0 Å². The molecule has 1 N–H and O–H groups in total. The summed E-state index contributed by atoms with van der Waals surface area (Å²) in [6.45, 7) is 0. The van der Waals surface area contributed by atoms with E-state index in [9.17, 15) is 19.1 Å². The minimum absolute atomic E-state index is 0.0394. The van der Waals surface area contributed by atoms with E-state index in [-0.39, 0.29) is 22.7 Å². The number of fused-ring (bicyclic) bond motifs is 1. The van der Waals surface area contributed by atoms with Gasteiger partial charge in [0.1, 0.15) is 11.6 Å². The Labute approximate surface area is 187 Å². The normalized spacial score (nSPS) is 16.0. The second-order valence-corrected chi connectivity index (χ2v) is 7.37. The fourth-order valence-electron chi connectivity index (χ4n) is 4.00. The molecule has 0 bridgehead atoms. The quantitative estimate of drug-likeness (QED) is 0.446. The van der Waals surface area contributed by atoms with Crippen molar-refractivity contribution in [2.45, 2.75) is 6.04 Å². The molecule has 0 fully saturated rings. The van der Waals surface area contributed by atoms with Gasteiger partial charge in [0.2, 0.25) is 5.78 Å². The molecule has 7 nitrogen and oxygen atoms in total. The minimum Gasteiger partial charge on any atom is -0.503 e. The van der Waals surface area contributed by atoms with Gasteiger partial charge in [0.15, 0.2) is 22.9 Å². The highest BCUT2D eigenvalue weighted by Crippen LogP contribution is 2.42. The fraction of sp³-hybridized carbons (Fsp3) is 0.0800. The predicted octanol–water partition coefficient (Wildman–Crippen LogP) is 4.76. The zero-order valence-corrected chi connectivity index (χ0v) is 17.4. The number of carbonyl (C=O) groups excluding carboxylic acids is 2. The standard InChI is InChI=1S/C25H17FN2O5/c1-32-17-10-6-7-14-13-18(33-24(14)17)22(29)20-21(15-8-2-3-9-16(15)26)28(25(31)23(20)30)19-11-4-5-12-27-19/h2-13,21,30H,1H3. The monoisotopic (exact) mass is 444 g/mol. The maximum Gasteiger partial charge on any atom is 0.295 e. The average molecular weight is 444 g/mol. The molecule has 8 heteroatoms. The summed E-state index contributed by atoms with van der Waals surface area (Å²) in [5, 5.41) is 11.4. The highest BCUT2D eigenvalue weighted by atomic mass is 19.1. The van der Waals surface area contributed by atoms with Crippen molar-refractivity contribution in [1.82, 2.24) is 4.98 Å². The number of carbonyl (C=O) groups is 2. The van der Waals surface area contributed by atoms with Crippen LogP contribution in [0.1, 0.15) is 22.2 Å². The summed E-state index contributed by atoms with van der Waals surface area (Å²) in [6.07, 6.45) is 1.46. The molecule has 2 aromatic carbocycles. The number of anilines is 1. The van der Waals surface area contributed by atoms with Gasteiger partial charge >= 0.3 is 0 Å². The number of halogens is 1. The third kappa shape index (κ3) is 3.23. The molecule has 2 aromatic heterocycles. The van der Waals surface area contributed by atoms with E-state index in [4.69, 9.17) is 9.15 Å². The van der Waals surface area contributed by atoms with E-state index < -0.39 is 29.3 Å². The van der Waals surface area contributed by atoms with Crippen LogP contribution in [-0.4, -0.2) is 28.9 Å². The van der Waals surface area contributed by atoms with Crippen molar-refractivity contribution in [1.29, 1.82) is 0 Å². The summed E-state index contributed by atoms with van der Waals surface area (Å²) in [5.41, 5.74) is 0.0863. The third-order valence-electron chi connectivity index (χ3n) is 5.50. The van der Waals surface area contributed by atoms with Crippen molar-refractivity contribution in [3.63, 3.8) is 0 Å². The highest BCUT2D eigenvalue weighted by molar-refractivity contribution is 6.20. The first-order valence-electron chi connectivity index (χ1n) is 10.0. The van der Waals surface area contributed by atoms with E-state index in [1.807, 2.05) is 0 Å². The summed E-state index contributed by atoms with van der Waals surface area (Å²) in [5.74, 6) is -2.56. The number of para-hydroxylation sites is 1. The van der Waals surface area contributed by atoms with Crippen LogP contribution in [0.15, 0.2) is 88.7 Å². The van der Waals surface area contributed by atoms with Crippen molar-refractivity contribution in [2.24, 2.45) is 0 Å². The maximum absolute atomic E-state index is 14.9. The van der Waals surface area contributed by atoms with Gasteiger partial charge in [-0.25, -0.2) is 9.37 Å². The molecule has 4 aromatic rings. The number of Topliss-reactive ketones (excluding diaryl/α,β-unsaturated/α-hetero) is 1. The van der Waals surface area contributed by atoms with Crippen LogP contribution < -0.4 is 9.64 Å². The summed E-state index contributed by atoms with van der Waals surface area (Å²) in [7, 11) is 1.47. The van der Waals surface area contributed by atoms with Gasteiger partial charge in [-0.15, -0.1) is 0 Å². The van der Waals surface area contributed by atoms with E-state index in [1.165, 1.54) is 37.6 Å². The first-order chi connectivity index (χ1) is 16.0. The van der Waals surface area contributed by atoms with Crippen LogP contribution in [0.4, 0.5) is 10.2 Å². The van der Waals surface area contributed by atoms with Crippen LogP contribution >= 0.6 is 0 Å². The Morgan fingerprint density at radius 3 is 2.64 bits per heavy atom. The number of ether oxygens (including phenoxy) is 1. The van der Waals surface area contributed by atoms with Gasteiger partial charge in [-0.05, 0) is 30.3 Å². The maximum atomic E-state index is 14.9. The van der Waals surface area contributed by atoms with Gasteiger partial charge < -0.3 is 14.3 Å². The molecule has 1 amide bonds. The number of furan rings is 1. The van der Waals surface area contributed by atoms with E-state index in [0.29, 0.717) is 16.7 Å². The van der Waals surface area contributed by atoms with E-state index in [1.54, 1.807) is 42.5 Å². The Morgan fingerprint density at radius 2 is 1.91 bits per heavy atom. The Hall–Kier alpha value is -4.46. The van der Waals surface area contributed by atoms with Crippen molar-refractivity contribution in [2.75, 3.05) is 12.0 Å². The van der Waals surface area contributed by atoms with Crippen molar-refractivity contribution >= 4 is 28.5 Å². The molecule has 0 saturated carbocycles. The van der Waals surface area contributed by atoms with E-state index in [0.717, 1.165) is 4.90 Å². The second kappa shape index (κ2) is 7.90. The Bertz CT molecular complexity index is 1430. The van der Waals surface area contributed by atoms with Crippen LogP contribution in [0, 0.1) is 5.82 Å². The highest BCUT2D eigenvalue weighted by Gasteiger charge is 2.46. The molecule has 0 saturated heterocycles. The number of hydrogen-bond acceptors (Lipinski definition) is 6. The summed E-state index contributed by atoms with van der Waals surface area (Å²) >= 11 is 0. The van der Waals surface area contributed by atoms with Gasteiger partial charge in [0, 0.05) is 17.1 Å². The number of pyridine rings is 1. The number of ketones is 1. The van der Waals surface area contributed by atoms with Crippen molar-refractivity contribution in [3.05, 3.63) is 101 Å². The van der Waals surface area contributed by atoms with Crippen LogP contribution in [-0.2, 0) is 4.79 Å². The lowest BCUT2D eigenvalue weighted by atomic mass is 9.94. The van der Waals surface area contributed by atoms with Gasteiger partial charge in [-0.1, -0.05) is 36.4 Å². The van der Waals surface area contributed by atoms with Crippen LogP contribution in [0.3, 0.4) is 0 Å². The molecule has 1 aliphatic rings. The number of benzene rings is 2. The number of rotatable bonds is 5. The molecule has 0 radical (unpaired) electrons. The summed E-state index contributed by atoms with van der Waals surface area (Å²) in [4.78, 5) is 31.9.